The summed E-state index contributed by atoms with van der Waals surface area (Å²) in [5.74, 6) is -0.643. The summed E-state index contributed by atoms with van der Waals surface area (Å²) in [6.07, 6.45) is 3.55. The summed E-state index contributed by atoms with van der Waals surface area (Å²) in [7, 11) is 0. The van der Waals surface area contributed by atoms with Gasteiger partial charge in [0.15, 0.2) is 5.79 Å². The fourth-order valence-electron chi connectivity index (χ4n) is 3.90. The first-order valence-corrected chi connectivity index (χ1v) is 9.72. The molecule has 0 saturated carbocycles. The largest absolute Gasteiger partial charge is 0.376 e. The van der Waals surface area contributed by atoms with E-state index in [9.17, 15) is 9.59 Å². The second-order valence-electron chi connectivity index (χ2n) is 7.32. The van der Waals surface area contributed by atoms with Crippen molar-refractivity contribution in [2.45, 2.75) is 37.6 Å². The van der Waals surface area contributed by atoms with Crippen LogP contribution in [0.3, 0.4) is 0 Å². The fourth-order valence-corrected chi connectivity index (χ4v) is 3.90. The van der Waals surface area contributed by atoms with Gasteiger partial charge in [-0.1, -0.05) is 0 Å². The Hall–Kier alpha value is -1.96. The van der Waals surface area contributed by atoms with E-state index in [1.165, 1.54) is 0 Å². The van der Waals surface area contributed by atoms with Crippen LogP contribution in [-0.4, -0.2) is 68.1 Å². The van der Waals surface area contributed by atoms with Crippen molar-refractivity contribution < 1.29 is 23.8 Å². The number of nitrogens with one attached hydrogen (secondary N) is 1. The van der Waals surface area contributed by atoms with Crippen LogP contribution in [0.15, 0.2) is 24.3 Å². The number of carbonyl (C=O) groups excluding carboxylic acids is 2. The molecule has 3 heterocycles. The van der Waals surface area contributed by atoms with Gasteiger partial charge in [0.25, 0.3) is 11.8 Å². The van der Waals surface area contributed by atoms with Crippen LogP contribution in [-0.2, 0) is 14.2 Å². The Labute approximate surface area is 158 Å². The number of carbonyl (C=O) groups is 2. The van der Waals surface area contributed by atoms with Gasteiger partial charge in [-0.15, -0.1) is 0 Å². The number of ether oxygens (including phenoxy) is 3. The lowest BCUT2D eigenvalue weighted by Crippen LogP contribution is -2.47. The number of benzene rings is 1. The number of amides is 2. The Morgan fingerprint density at radius 1 is 1.04 bits per heavy atom. The summed E-state index contributed by atoms with van der Waals surface area (Å²) in [5, 5.41) is 2.89. The molecular formula is C20H26N2O5. The van der Waals surface area contributed by atoms with Gasteiger partial charge in [-0.05, 0) is 37.1 Å². The molecule has 1 aromatic rings. The molecule has 1 aromatic carbocycles. The number of hydrogen-bond donors (Lipinski definition) is 1. The zero-order valence-electron chi connectivity index (χ0n) is 15.4. The van der Waals surface area contributed by atoms with Gasteiger partial charge in [-0.2, -0.15) is 0 Å². The maximum atomic E-state index is 12.7. The second-order valence-corrected chi connectivity index (χ2v) is 7.32. The molecule has 4 rings (SSSR count). The maximum absolute atomic E-state index is 12.7. The van der Waals surface area contributed by atoms with E-state index in [0.717, 1.165) is 19.4 Å². The molecule has 0 bridgehead atoms. The predicted octanol–water partition coefficient (Wildman–Crippen LogP) is 1.57. The molecule has 1 unspecified atom stereocenters. The van der Waals surface area contributed by atoms with E-state index in [0.29, 0.717) is 56.8 Å². The van der Waals surface area contributed by atoms with Gasteiger partial charge in [-0.25, -0.2) is 0 Å². The molecule has 0 aliphatic carbocycles. The lowest BCUT2D eigenvalue weighted by atomic mass is 10.0. The van der Waals surface area contributed by atoms with Crippen molar-refractivity contribution in [2.24, 2.45) is 0 Å². The lowest BCUT2D eigenvalue weighted by Gasteiger charge is -2.37. The van der Waals surface area contributed by atoms with Crippen LogP contribution in [0.1, 0.15) is 46.4 Å². The van der Waals surface area contributed by atoms with Crippen molar-refractivity contribution in [1.29, 1.82) is 0 Å². The highest BCUT2D eigenvalue weighted by atomic mass is 16.7. The number of hydrogen-bond acceptors (Lipinski definition) is 5. The van der Waals surface area contributed by atoms with Crippen molar-refractivity contribution in [3.05, 3.63) is 35.4 Å². The highest BCUT2D eigenvalue weighted by molar-refractivity contribution is 5.97. The molecule has 2 amide bonds. The minimum absolute atomic E-state index is 0.0193. The van der Waals surface area contributed by atoms with Crippen molar-refractivity contribution >= 4 is 11.8 Å². The molecule has 7 heteroatoms. The summed E-state index contributed by atoms with van der Waals surface area (Å²) in [5.41, 5.74) is 1.14. The molecular weight excluding hydrogens is 348 g/mol. The van der Waals surface area contributed by atoms with Crippen LogP contribution in [0.4, 0.5) is 0 Å². The van der Waals surface area contributed by atoms with Gasteiger partial charge >= 0.3 is 0 Å². The van der Waals surface area contributed by atoms with Crippen LogP contribution in [0.5, 0.6) is 0 Å². The van der Waals surface area contributed by atoms with Crippen molar-refractivity contribution in [3.63, 3.8) is 0 Å². The highest BCUT2D eigenvalue weighted by Crippen LogP contribution is 2.31. The average Bonchev–Trinajstić information content (AvgIpc) is 3.39. The Kier molecular flexibility index (Phi) is 5.43. The topological polar surface area (TPSA) is 77.1 Å². The van der Waals surface area contributed by atoms with Gasteiger partial charge < -0.3 is 24.4 Å². The summed E-state index contributed by atoms with van der Waals surface area (Å²) < 4.78 is 16.9. The molecule has 0 aromatic heterocycles. The molecule has 3 saturated heterocycles. The molecule has 3 aliphatic rings. The third kappa shape index (κ3) is 4.15. The van der Waals surface area contributed by atoms with Crippen LogP contribution < -0.4 is 5.32 Å². The fraction of sp³-hybridized carbons (Fsp3) is 0.600. The van der Waals surface area contributed by atoms with Gasteiger partial charge in [-0.3, -0.25) is 9.59 Å². The SMILES string of the molecule is O=C(NCC1CCCO1)c1ccc(C(=O)N2CCC3(CC2)OCCO3)cc1. The minimum Gasteiger partial charge on any atom is -0.376 e. The normalized spacial score (nSPS) is 24.3. The van der Waals surface area contributed by atoms with Crippen LogP contribution in [0.25, 0.3) is 0 Å². The lowest BCUT2D eigenvalue weighted by molar-refractivity contribution is -0.181. The van der Waals surface area contributed by atoms with Crippen molar-refractivity contribution in [1.82, 2.24) is 10.2 Å². The molecule has 146 valence electrons. The summed E-state index contributed by atoms with van der Waals surface area (Å²) >= 11 is 0. The quantitative estimate of drug-likeness (QED) is 0.866. The van der Waals surface area contributed by atoms with Gasteiger partial charge in [0.1, 0.15) is 0 Å². The first-order chi connectivity index (χ1) is 13.2. The average molecular weight is 374 g/mol. The predicted molar refractivity (Wildman–Crippen MR) is 97.5 cm³/mol. The van der Waals surface area contributed by atoms with E-state index in [4.69, 9.17) is 14.2 Å². The minimum atomic E-state index is -0.484. The zero-order valence-corrected chi connectivity index (χ0v) is 15.4. The second kappa shape index (κ2) is 7.96. The van der Waals surface area contributed by atoms with E-state index in [1.807, 2.05) is 4.90 Å². The number of rotatable bonds is 4. The highest BCUT2D eigenvalue weighted by Gasteiger charge is 2.40. The Morgan fingerprint density at radius 3 is 2.33 bits per heavy atom. The smallest absolute Gasteiger partial charge is 0.253 e. The Morgan fingerprint density at radius 2 is 1.70 bits per heavy atom. The van der Waals surface area contributed by atoms with Crippen LogP contribution in [0.2, 0.25) is 0 Å². The number of piperidine rings is 1. The molecule has 1 N–H and O–H groups in total. The maximum Gasteiger partial charge on any atom is 0.253 e. The summed E-state index contributed by atoms with van der Waals surface area (Å²) in [4.78, 5) is 26.8. The molecule has 3 fully saturated rings. The van der Waals surface area contributed by atoms with E-state index in [2.05, 4.69) is 5.32 Å². The summed E-state index contributed by atoms with van der Waals surface area (Å²) in [6.45, 7) is 3.78. The van der Waals surface area contributed by atoms with E-state index >= 15 is 0 Å². The van der Waals surface area contributed by atoms with Crippen molar-refractivity contribution in [2.75, 3.05) is 39.5 Å². The third-order valence-electron chi connectivity index (χ3n) is 5.53. The summed E-state index contributed by atoms with van der Waals surface area (Å²) in [6, 6.07) is 6.84. The molecule has 1 spiro atoms. The van der Waals surface area contributed by atoms with Gasteiger partial charge in [0, 0.05) is 50.2 Å². The molecule has 3 aliphatic heterocycles. The van der Waals surface area contributed by atoms with Crippen LogP contribution in [0, 0.1) is 0 Å². The molecule has 7 nitrogen and oxygen atoms in total. The van der Waals surface area contributed by atoms with E-state index in [-0.39, 0.29) is 17.9 Å². The first kappa shape index (κ1) is 18.4. The Bertz CT molecular complexity index is 668. The Balaban J connectivity index is 1.30. The monoisotopic (exact) mass is 374 g/mol. The number of likely N-dealkylation sites (tertiary alicyclic amines) is 1. The first-order valence-electron chi connectivity index (χ1n) is 9.72. The molecule has 0 radical (unpaired) electrons. The third-order valence-corrected chi connectivity index (χ3v) is 5.53. The molecule has 27 heavy (non-hydrogen) atoms. The van der Waals surface area contributed by atoms with E-state index in [1.54, 1.807) is 24.3 Å². The molecule has 1 atom stereocenters. The van der Waals surface area contributed by atoms with Gasteiger partial charge in [0.05, 0.1) is 19.3 Å². The zero-order chi connectivity index (χ0) is 18.7. The number of nitrogens with zero attached hydrogens (tertiary/aromatic N) is 1. The van der Waals surface area contributed by atoms with E-state index < -0.39 is 5.79 Å². The van der Waals surface area contributed by atoms with Crippen LogP contribution >= 0.6 is 0 Å². The van der Waals surface area contributed by atoms with Gasteiger partial charge in [0.2, 0.25) is 0 Å². The van der Waals surface area contributed by atoms with Crippen molar-refractivity contribution in [3.8, 4) is 0 Å². The standard InChI is InChI=1S/C20H26N2O5/c23-18(21-14-17-2-1-11-25-17)15-3-5-16(6-4-15)19(24)22-9-7-20(8-10-22)26-12-13-27-20/h3-6,17H,1-2,7-14H2,(H,21,23).